The summed E-state index contributed by atoms with van der Waals surface area (Å²) in [5, 5.41) is 3.52. The number of hydrogen-bond donors (Lipinski definition) is 1. The molecule has 1 atom stereocenters. The van der Waals surface area contributed by atoms with Gasteiger partial charge in [-0.05, 0) is 31.9 Å². The van der Waals surface area contributed by atoms with Crippen LogP contribution in [0.2, 0.25) is 0 Å². The molecule has 0 aromatic heterocycles. The zero-order valence-corrected chi connectivity index (χ0v) is 9.95. The molecule has 1 heterocycles. The SMILES string of the molecule is CC1CNc2ccccc2N1C1CCCC1. The average Bonchev–Trinajstić information content (AvgIpc) is 2.82. The fraction of sp³-hybridized carbons (Fsp3) is 0.571. The molecular weight excluding hydrogens is 196 g/mol. The van der Waals surface area contributed by atoms with Crippen LogP contribution in [0.5, 0.6) is 0 Å². The minimum Gasteiger partial charge on any atom is -0.381 e. The first-order valence-corrected chi connectivity index (χ1v) is 6.47. The van der Waals surface area contributed by atoms with Crippen LogP contribution in [-0.2, 0) is 0 Å². The van der Waals surface area contributed by atoms with Gasteiger partial charge >= 0.3 is 0 Å². The van der Waals surface area contributed by atoms with Gasteiger partial charge < -0.3 is 10.2 Å². The Balaban J connectivity index is 1.96. The van der Waals surface area contributed by atoms with Crippen LogP contribution in [0.15, 0.2) is 24.3 Å². The van der Waals surface area contributed by atoms with Crippen molar-refractivity contribution in [3.05, 3.63) is 24.3 Å². The molecule has 1 aliphatic heterocycles. The molecule has 0 amide bonds. The predicted octanol–water partition coefficient (Wildman–Crippen LogP) is 3.25. The van der Waals surface area contributed by atoms with Crippen molar-refractivity contribution in [2.45, 2.75) is 44.7 Å². The summed E-state index contributed by atoms with van der Waals surface area (Å²) < 4.78 is 0. The molecular formula is C14H20N2. The monoisotopic (exact) mass is 216 g/mol. The Morgan fingerprint density at radius 2 is 1.94 bits per heavy atom. The fourth-order valence-electron chi connectivity index (χ4n) is 3.18. The molecule has 0 radical (unpaired) electrons. The number of para-hydroxylation sites is 2. The lowest BCUT2D eigenvalue weighted by atomic mass is 10.1. The average molecular weight is 216 g/mol. The molecule has 2 aliphatic rings. The largest absolute Gasteiger partial charge is 0.381 e. The second-order valence-electron chi connectivity index (χ2n) is 5.09. The molecule has 16 heavy (non-hydrogen) atoms. The quantitative estimate of drug-likeness (QED) is 0.775. The van der Waals surface area contributed by atoms with Gasteiger partial charge in [-0.25, -0.2) is 0 Å². The number of anilines is 2. The lowest BCUT2D eigenvalue weighted by Gasteiger charge is -2.41. The molecule has 1 unspecified atom stereocenters. The molecule has 1 N–H and O–H groups in total. The van der Waals surface area contributed by atoms with Crippen LogP contribution in [0, 0.1) is 0 Å². The summed E-state index contributed by atoms with van der Waals surface area (Å²) in [5.41, 5.74) is 2.72. The Kier molecular flexibility index (Phi) is 2.50. The molecule has 1 saturated carbocycles. The molecule has 0 saturated heterocycles. The second kappa shape index (κ2) is 4.00. The van der Waals surface area contributed by atoms with Gasteiger partial charge in [-0.3, -0.25) is 0 Å². The molecule has 1 aromatic carbocycles. The van der Waals surface area contributed by atoms with E-state index in [2.05, 4.69) is 41.4 Å². The molecule has 2 heteroatoms. The summed E-state index contributed by atoms with van der Waals surface area (Å²) >= 11 is 0. The first-order valence-electron chi connectivity index (χ1n) is 6.47. The number of nitrogens with one attached hydrogen (secondary N) is 1. The third-order valence-electron chi connectivity index (χ3n) is 3.96. The Hall–Kier alpha value is -1.18. The van der Waals surface area contributed by atoms with E-state index in [9.17, 15) is 0 Å². The highest BCUT2D eigenvalue weighted by molar-refractivity contribution is 5.73. The zero-order valence-electron chi connectivity index (χ0n) is 9.95. The molecule has 3 rings (SSSR count). The van der Waals surface area contributed by atoms with Crippen molar-refractivity contribution in [1.82, 2.24) is 0 Å². The van der Waals surface area contributed by atoms with E-state index in [4.69, 9.17) is 0 Å². The third kappa shape index (κ3) is 1.57. The van der Waals surface area contributed by atoms with Crippen LogP contribution in [-0.4, -0.2) is 18.6 Å². The Morgan fingerprint density at radius 3 is 2.75 bits per heavy atom. The topological polar surface area (TPSA) is 15.3 Å². The van der Waals surface area contributed by atoms with Crippen molar-refractivity contribution < 1.29 is 0 Å². The van der Waals surface area contributed by atoms with Gasteiger partial charge in [0.1, 0.15) is 0 Å². The van der Waals surface area contributed by atoms with E-state index in [0.29, 0.717) is 6.04 Å². The molecule has 1 aliphatic carbocycles. The van der Waals surface area contributed by atoms with Crippen molar-refractivity contribution >= 4 is 11.4 Å². The highest BCUT2D eigenvalue weighted by Crippen LogP contribution is 2.36. The maximum Gasteiger partial charge on any atom is 0.0607 e. The Morgan fingerprint density at radius 1 is 1.19 bits per heavy atom. The first kappa shape index (κ1) is 10.0. The standard InChI is InChI=1S/C14H20N2/c1-11-10-15-13-8-4-5-9-14(13)16(11)12-6-2-3-7-12/h4-5,8-9,11-12,15H,2-3,6-7,10H2,1H3. The second-order valence-corrected chi connectivity index (χ2v) is 5.09. The summed E-state index contributed by atoms with van der Waals surface area (Å²) in [6.07, 6.45) is 5.56. The first-order chi connectivity index (χ1) is 7.86. The van der Waals surface area contributed by atoms with Crippen molar-refractivity contribution in [1.29, 1.82) is 0 Å². The maximum atomic E-state index is 3.52. The van der Waals surface area contributed by atoms with E-state index in [1.54, 1.807) is 0 Å². The van der Waals surface area contributed by atoms with Gasteiger partial charge in [0.25, 0.3) is 0 Å². The van der Waals surface area contributed by atoms with Gasteiger partial charge in [-0.2, -0.15) is 0 Å². The van der Waals surface area contributed by atoms with Crippen molar-refractivity contribution in [3.8, 4) is 0 Å². The summed E-state index contributed by atoms with van der Waals surface area (Å²) in [5.74, 6) is 0. The molecule has 1 aromatic rings. The molecule has 0 bridgehead atoms. The van der Waals surface area contributed by atoms with Crippen LogP contribution in [0.3, 0.4) is 0 Å². The summed E-state index contributed by atoms with van der Waals surface area (Å²) in [7, 11) is 0. The van der Waals surface area contributed by atoms with Crippen molar-refractivity contribution in [2.24, 2.45) is 0 Å². The number of hydrogen-bond acceptors (Lipinski definition) is 2. The van der Waals surface area contributed by atoms with E-state index in [-0.39, 0.29) is 0 Å². The molecule has 0 spiro atoms. The number of nitrogens with zero attached hydrogens (tertiary/aromatic N) is 1. The van der Waals surface area contributed by atoms with Gasteiger partial charge in [0.15, 0.2) is 0 Å². The Bertz CT molecular complexity index is 369. The van der Waals surface area contributed by atoms with Gasteiger partial charge in [0.2, 0.25) is 0 Å². The minimum absolute atomic E-state index is 0.623. The van der Waals surface area contributed by atoms with Crippen LogP contribution in [0.1, 0.15) is 32.6 Å². The highest BCUT2D eigenvalue weighted by atomic mass is 15.2. The van der Waals surface area contributed by atoms with E-state index in [0.717, 1.165) is 12.6 Å². The van der Waals surface area contributed by atoms with E-state index < -0.39 is 0 Å². The zero-order chi connectivity index (χ0) is 11.0. The Labute approximate surface area is 97.6 Å². The smallest absolute Gasteiger partial charge is 0.0607 e. The minimum atomic E-state index is 0.623. The van der Waals surface area contributed by atoms with Crippen molar-refractivity contribution in [3.63, 3.8) is 0 Å². The number of rotatable bonds is 1. The fourth-order valence-corrected chi connectivity index (χ4v) is 3.18. The normalized spacial score (nSPS) is 25.3. The van der Waals surface area contributed by atoms with Gasteiger partial charge in [0.05, 0.1) is 11.4 Å². The molecule has 2 nitrogen and oxygen atoms in total. The molecule has 86 valence electrons. The predicted molar refractivity (Wildman–Crippen MR) is 69.1 cm³/mol. The number of fused-ring (bicyclic) bond motifs is 1. The molecule has 1 fully saturated rings. The third-order valence-corrected chi connectivity index (χ3v) is 3.96. The summed E-state index contributed by atoms with van der Waals surface area (Å²) in [6, 6.07) is 10.1. The summed E-state index contributed by atoms with van der Waals surface area (Å²) in [6.45, 7) is 3.41. The van der Waals surface area contributed by atoms with Gasteiger partial charge in [-0.1, -0.05) is 25.0 Å². The summed E-state index contributed by atoms with van der Waals surface area (Å²) in [4.78, 5) is 2.65. The highest BCUT2D eigenvalue weighted by Gasteiger charge is 2.30. The van der Waals surface area contributed by atoms with Crippen LogP contribution in [0.4, 0.5) is 11.4 Å². The lowest BCUT2D eigenvalue weighted by molar-refractivity contribution is 0.533. The van der Waals surface area contributed by atoms with Crippen LogP contribution >= 0.6 is 0 Å². The number of benzene rings is 1. The lowest BCUT2D eigenvalue weighted by Crippen LogP contribution is -2.47. The van der Waals surface area contributed by atoms with Gasteiger partial charge in [-0.15, -0.1) is 0 Å². The maximum absolute atomic E-state index is 3.52. The van der Waals surface area contributed by atoms with E-state index >= 15 is 0 Å². The van der Waals surface area contributed by atoms with E-state index in [1.807, 2.05) is 0 Å². The van der Waals surface area contributed by atoms with Crippen molar-refractivity contribution in [2.75, 3.05) is 16.8 Å². The van der Waals surface area contributed by atoms with Crippen LogP contribution < -0.4 is 10.2 Å². The van der Waals surface area contributed by atoms with E-state index in [1.165, 1.54) is 37.1 Å². The van der Waals surface area contributed by atoms with Gasteiger partial charge in [0, 0.05) is 18.6 Å². The van der Waals surface area contributed by atoms with Crippen LogP contribution in [0.25, 0.3) is 0 Å².